The normalized spacial score (nSPS) is 19.8. The van der Waals surface area contributed by atoms with Gasteiger partial charge in [0.2, 0.25) is 0 Å². The lowest BCUT2D eigenvalue weighted by Gasteiger charge is -2.36. The monoisotopic (exact) mass is 363 g/mol. The van der Waals surface area contributed by atoms with Crippen molar-refractivity contribution in [3.05, 3.63) is 51.0 Å². The van der Waals surface area contributed by atoms with E-state index in [-0.39, 0.29) is 11.9 Å². The number of imidazole rings is 1. The van der Waals surface area contributed by atoms with Gasteiger partial charge in [0.15, 0.2) is 0 Å². The van der Waals surface area contributed by atoms with Gasteiger partial charge in [0.1, 0.15) is 11.5 Å². The molecule has 0 saturated carbocycles. The van der Waals surface area contributed by atoms with Crippen molar-refractivity contribution < 1.29 is 4.79 Å². The number of carbonyl (C=O) groups is 1. The molecule has 0 fully saturated rings. The molecule has 4 nitrogen and oxygen atoms in total. The van der Waals surface area contributed by atoms with Crippen LogP contribution >= 0.6 is 23.2 Å². The van der Waals surface area contributed by atoms with Gasteiger partial charge >= 0.3 is 0 Å². The van der Waals surface area contributed by atoms with Crippen LogP contribution in [0.5, 0.6) is 0 Å². The highest BCUT2D eigenvalue weighted by atomic mass is 35.5. The van der Waals surface area contributed by atoms with Crippen LogP contribution in [0.3, 0.4) is 0 Å². The maximum atomic E-state index is 13.1. The topological polar surface area (TPSA) is 38.1 Å². The van der Waals surface area contributed by atoms with Crippen molar-refractivity contribution in [1.82, 2.24) is 14.5 Å². The molecule has 0 aliphatic carbocycles. The maximum absolute atomic E-state index is 13.1. The number of aryl methyl sites for hydroxylation is 1. The third-order valence-electron chi connectivity index (χ3n) is 5.17. The van der Waals surface area contributed by atoms with Gasteiger partial charge in [-0.3, -0.25) is 4.79 Å². The fourth-order valence-electron chi connectivity index (χ4n) is 3.87. The van der Waals surface area contributed by atoms with Gasteiger partial charge in [-0.15, -0.1) is 0 Å². The van der Waals surface area contributed by atoms with Crippen LogP contribution < -0.4 is 0 Å². The van der Waals surface area contributed by atoms with E-state index in [2.05, 4.69) is 9.55 Å². The first-order chi connectivity index (χ1) is 11.6. The van der Waals surface area contributed by atoms with Gasteiger partial charge < -0.3 is 9.47 Å². The van der Waals surface area contributed by atoms with E-state index in [1.54, 1.807) is 12.3 Å². The highest BCUT2D eigenvalue weighted by Crippen LogP contribution is 2.36. The fraction of sp³-hybridized carbons (Fsp3) is 0.444. The molecule has 1 atom stereocenters. The van der Waals surface area contributed by atoms with Gasteiger partial charge in [-0.2, -0.15) is 0 Å². The Hall–Kier alpha value is -1.52. The van der Waals surface area contributed by atoms with Gasteiger partial charge in [-0.25, -0.2) is 4.98 Å². The molecular weight excluding hydrogens is 345 g/mol. The van der Waals surface area contributed by atoms with Crippen molar-refractivity contribution in [2.75, 3.05) is 6.54 Å². The number of fused-ring (bicyclic) bond motifs is 2. The largest absolute Gasteiger partial charge is 0.330 e. The molecule has 0 radical (unpaired) electrons. The van der Waals surface area contributed by atoms with Gasteiger partial charge in [0.25, 0.3) is 5.91 Å². The summed E-state index contributed by atoms with van der Waals surface area (Å²) in [4.78, 5) is 19.5. The number of rotatable bonds is 1. The lowest BCUT2D eigenvalue weighted by molar-refractivity contribution is 0.0665. The van der Waals surface area contributed by atoms with Gasteiger partial charge in [0, 0.05) is 29.6 Å². The Bertz CT molecular complexity index is 815. The Morgan fingerprint density at radius 1 is 1.21 bits per heavy atom. The second kappa shape index (κ2) is 6.08. The molecule has 0 unspecified atom stereocenters. The number of hydrogen-bond donors (Lipinski definition) is 0. The minimum absolute atomic E-state index is 0.0462. The molecule has 2 aromatic rings. The highest BCUT2D eigenvalue weighted by molar-refractivity contribution is 6.35. The minimum atomic E-state index is -0.0489. The quantitative estimate of drug-likeness (QED) is 0.757. The first-order valence-corrected chi connectivity index (χ1v) is 9.15. The van der Waals surface area contributed by atoms with Crippen LogP contribution in [0.2, 0.25) is 10.0 Å². The molecule has 6 heteroatoms. The van der Waals surface area contributed by atoms with Crippen molar-refractivity contribution in [2.45, 2.75) is 45.2 Å². The van der Waals surface area contributed by atoms with Crippen molar-refractivity contribution in [1.29, 1.82) is 0 Å². The van der Waals surface area contributed by atoms with Crippen LogP contribution in [0.15, 0.2) is 18.3 Å². The molecule has 4 rings (SSSR count). The van der Waals surface area contributed by atoms with E-state index in [4.69, 9.17) is 23.2 Å². The second-order valence-electron chi connectivity index (χ2n) is 6.55. The summed E-state index contributed by atoms with van der Waals surface area (Å²) in [5.41, 5.74) is 2.85. The van der Waals surface area contributed by atoms with E-state index >= 15 is 0 Å². The van der Waals surface area contributed by atoms with E-state index in [9.17, 15) is 4.79 Å². The average molecular weight is 364 g/mol. The molecule has 0 spiro atoms. The zero-order chi connectivity index (χ0) is 16.8. The van der Waals surface area contributed by atoms with E-state index in [1.165, 1.54) is 0 Å². The van der Waals surface area contributed by atoms with Crippen LogP contribution in [0, 0.1) is 0 Å². The predicted octanol–water partition coefficient (Wildman–Crippen LogP) is 4.29. The summed E-state index contributed by atoms with van der Waals surface area (Å²) < 4.78 is 2.08. The molecule has 0 N–H and O–H groups in total. The fourth-order valence-corrected chi connectivity index (χ4v) is 4.47. The summed E-state index contributed by atoms with van der Waals surface area (Å²) in [7, 11) is 0. The first-order valence-electron chi connectivity index (χ1n) is 8.39. The van der Waals surface area contributed by atoms with Crippen LogP contribution in [0.1, 0.15) is 53.2 Å². The smallest absolute Gasteiger partial charge is 0.272 e. The first kappa shape index (κ1) is 16.0. The molecule has 1 aromatic heterocycles. The number of carbonyl (C=O) groups excluding carboxylic acids is 1. The Morgan fingerprint density at radius 3 is 2.88 bits per heavy atom. The summed E-state index contributed by atoms with van der Waals surface area (Å²) in [5, 5.41) is 1.31. The molecule has 0 bridgehead atoms. The number of hydrogen-bond acceptors (Lipinski definition) is 2. The molecule has 0 saturated heterocycles. The van der Waals surface area contributed by atoms with E-state index in [0.29, 0.717) is 22.3 Å². The predicted molar refractivity (Wildman–Crippen MR) is 94.8 cm³/mol. The number of halogens is 2. The van der Waals surface area contributed by atoms with Gasteiger partial charge in [0.05, 0.1) is 12.2 Å². The summed E-state index contributed by atoms with van der Waals surface area (Å²) in [5.74, 6) is 1.07. The van der Waals surface area contributed by atoms with Crippen molar-refractivity contribution in [2.24, 2.45) is 0 Å². The zero-order valence-electron chi connectivity index (χ0n) is 13.6. The number of aromatic nitrogens is 2. The van der Waals surface area contributed by atoms with Crippen molar-refractivity contribution in [3.8, 4) is 0 Å². The highest BCUT2D eigenvalue weighted by Gasteiger charge is 2.32. The average Bonchev–Trinajstić information content (AvgIpc) is 2.99. The summed E-state index contributed by atoms with van der Waals surface area (Å²) in [6.07, 6.45) is 5.69. The molecule has 24 heavy (non-hydrogen) atoms. The molecule has 2 aliphatic heterocycles. The maximum Gasteiger partial charge on any atom is 0.272 e. The second-order valence-corrected chi connectivity index (χ2v) is 7.39. The molecule has 1 amide bonds. The van der Waals surface area contributed by atoms with Crippen molar-refractivity contribution >= 4 is 29.1 Å². The van der Waals surface area contributed by atoms with Crippen LogP contribution in [0.4, 0.5) is 0 Å². The summed E-state index contributed by atoms with van der Waals surface area (Å²) in [6, 6.07) is 3.66. The van der Waals surface area contributed by atoms with Gasteiger partial charge in [-0.05, 0) is 49.4 Å². The third kappa shape index (κ3) is 2.52. The third-order valence-corrected chi connectivity index (χ3v) is 5.72. The molecule has 3 heterocycles. The van der Waals surface area contributed by atoms with Crippen molar-refractivity contribution in [3.63, 3.8) is 0 Å². The molecular formula is C18H19Cl2N3O. The molecule has 126 valence electrons. The van der Waals surface area contributed by atoms with E-state index < -0.39 is 0 Å². The minimum Gasteiger partial charge on any atom is -0.330 e. The Morgan fingerprint density at radius 2 is 2.04 bits per heavy atom. The molecule has 1 aromatic carbocycles. The zero-order valence-corrected chi connectivity index (χ0v) is 15.1. The Balaban J connectivity index is 1.68. The Kier molecular flexibility index (Phi) is 4.05. The van der Waals surface area contributed by atoms with Crippen LogP contribution in [-0.4, -0.2) is 26.9 Å². The summed E-state index contributed by atoms with van der Waals surface area (Å²) in [6.45, 7) is 3.58. The molecule has 2 aliphatic rings. The number of nitrogens with zero attached hydrogens (tertiary/aromatic N) is 3. The SMILES string of the molecule is C[C@H]1c2cc(Cl)cc(Cl)c2CCN1C(=O)c1cnc2n1CCCC2. The van der Waals surface area contributed by atoms with E-state index in [0.717, 1.165) is 49.2 Å². The van der Waals surface area contributed by atoms with Gasteiger partial charge in [-0.1, -0.05) is 23.2 Å². The lowest BCUT2D eigenvalue weighted by Crippen LogP contribution is -2.40. The van der Waals surface area contributed by atoms with E-state index in [1.807, 2.05) is 17.9 Å². The standard InChI is InChI=1S/C18H19Cl2N3O/c1-11-14-8-12(19)9-15(20)13(14)5-7-22(11)18(24)16-10-21-17-4-2-3-6-23(16)17/h8-11H,2-7H2,1H3/t11-/m0/s1. The number of amides is 1. The van der Waals surface area contributed by atoms with Crippen LogP contribution in [-0.2, 0) is 19.4 Å². The lowest BCUT2D eigenvalue weighted by atomic mass is 9.93. The Labute approximate surface area is 151 Å². The summed E-state index contributed by atoms with van der Waals surface area (Å²) >= 11 is 12.5. The van der Waals surface area contributed by atoms with Crippen LogP contribution in [0.25, 0.3) is 0 Å². The number of benzene rings is 1.